The van der Waals surface area contributed by atoms with Crippen LogP contribution in [-0.4, -0.2) is 11.4 Å². The van der Waals surface area contributed by atoms with Crippen LogP contribution in [0.2, 0.25) is 0 Å². The summed E-state index contributed by atoms with van der Waals surface area (Å²) >= 11 is 0. The number of hydrogen-bond donors (Lipinski definition) is 1. The third kappa shape index (κ3) is 1.95. The van der Waals surface area contributed by atoms with Crippen LogP contribution in [0.1, 0.15) is 42.2 Å². The summed E-state index contributed by atoms with van der Waals surface area (Å²) in [6.45, 7) is 1.98. The molecule has 1 aromatic rings. The summed E-state index contributed by atoms with van der Waals surface area (Å²) in [4.78, 5) is 10.2. The predicted molar refractivity (Wildman–Crippen MR) is 44.0 cm³/mol. The second-order valence-electron chi connectivity index (χ2n) is 2.66. The second kappa shape index (κ2) is 4.07. The van der Waals surface area contributed by atoms with E-state index in [4.69, 9.17) is 4.42 Å². The molecule has 1 heterocycles. The van der Waals surface area contributed by atoms with Gasteiger partial charge in [0.2, 0.25) is 0 Å². The van der Waals surface area contributed by atoms with E-state index >= 15 is 0 Å². The average Bonchev–Trinajstić information content (AvgIpc) is 2.52. The molecular weight excluding hydrogens is 156 g/mol. The molecule has 1 unspecified atom stereocenters. The van der Waals surface area contributed by atoms with Gasteiger partial charge in [0, 0.05) is 0 Å². The summed E-state index contributed by atoms with van der Waals surface area (Å²) in [6, 6.07) is 3.19. The Morgan fingerprint density at radius 2 is 2.42 bits per heavy atom. The molecule has 0 bridgehead atoms. The van der Waals surface area contributed by atoms with Gasteiger partial charge in [-0.05, 0) is 18.6 Å². The van der Waals surface area contributed by atoms with Crippen LogP contribution >= 0.6 is 0 Å². The molecule has 1 rings (SSSR count). The number of carbonyl (C=O) groups excluding carboxylic acids is 1. The molecule has 1 atom stereocenters. The molecule has 0 saturated heterocycles. The molecule has 0 aromatic carbocycles. The average molecular weight is 168 g/mol. The Bertz CT molecular complexity index is 252. The van der Waals surface area contributed by atoms with Crippen LogP contribution in [0.4, 0.5) is 0 Å². The maximum atomic E-state index is 10.2. The minimum absolute atomic E-state index is 0.264. The Morgan fingerprint density at radius 3 is 2.92 bits per heavy atom. The largest absolute Gasteiger partial charge is 0.456 e. The molecule has 1 N–H and O–H groups in total. The minimum Gasteiger partial charge on any atom is -0.456 e. The van der Waals surface area contributed by atoms with Crippen LogP contribution in [0.25, 0.3) is 0 Å². The van der Waals surface area contributed by atoms with Gasteiger partial charge in [0.1, 0.15) is 11.9 Å². The quantitative estimate of drug-likeness (QED) is 0.699. The minimum atomic E-state index is -0.580. The summed E-state index contributed by atoms with van der Waals surface area (Å²) in [5.74, 6) is 0.735. The van der Waals surface area contributed by atoms with Gasteiger partial charge >= 0.3 is 0 Å². The van der Waals surface area contributed by atoms with E-state index < -0.39 is 6.10 Å². The molecule has 0 radical (unpaired) electrons. The number of carbonyl (C=O) groups is 1. The summed E-state index contributed by atoms with van der Waals surface area (Å²) < 4.78 is 5.03. The molecule has 0 amide bonds. The highest BCUT2D eigenvalue weighted by Gasteiger charge is 2.10. The Kier molecular flexibility index (Phi) is 3.05. The first kappa shape index (κ1) is 9.00. The lowest BCUT2D eigenvalue weighted by Crippen LogP contribution is -1.93. The molecule has 3 heteroatoms. The highest BCUT2D eigenvalue weighted by molar-refractivity contribution is 5.70. The first-order valence-electron chi connectivity index (χ1n) is 4.01. The zero-order chi connectivity index (χ0) is 8.97. The van der Waals surface area contributed by atoms with Crippen molar-refractivity contribution in [1.82, 2.24) is 0 Å². The number of aliphatic hydroxyl groups is 1. The Balaban J connectivity index is 2.67. The van der Waals surface area contributed by atoms with E-state index in [-0.39, 0.29) is 5.76 Å². The first-order chi connectivity index (χ1) is 5.77. The fourth-order valence-corrected chi connectivity index (χ4v) is 1.03. The van der Waals surface area contributed by atoms with Gasteiger partial charge in [0.05, 0.1) is 0 Å². The standard InChI is InChI=1S/C9H12O3/c1-2-3-8(11)9-5-4-7(6-10)12-9/h4-6,8,11H,2-3H2,1H3. The summed E-state index contributed by atoms with van der Waals surface area (Å²) in [5.41, 5.74) is 0. The molecule has 12 heavy (non-hydrogen) atoms. The number of furan rings is 1. The van der Waals surface area contributed by atoms with Crippen LogP contribution in [-0.2, 0) is 0 Å². The number of rotatable bonds is 4. The molecule has 0 aliphatic heterocycles. The third-order valence-corrected chi connectivity index (χ3v) is 1.65. The van der Waals surface area contributed by atoms with Gasteiger partial charge in [-0.15, -0.1) is 0 Å². The van der Waals surface area contributed by atoms with Crippen molar-refractivity contribution in [3.05, 3.63) is 23.7 Å². The van der Waals surface area contributed by atoms with E-state index in [9.17, 15) is 9.90 Å². The second-order valence-corrected chi connectivity index (χ2v) is 2.66. The van der Waals surface area contributed by atoms with Gasteiger partial charge in [0.15, 0.2) is 12.0 Å². The van der Waals surface area contributed by atoms with Crippen molar-refractivity contribution >= 4 is 6.29 Å². The monoisotopic (exact) mass is 168 g/mol. The third-order valence-electron chi connectivity index (χ3n) is 1.65. The van der Waals surface area contributed by atoms with Crippen LogP contribution in [0.3, 0.4) is 0 Å². The maximum Gasteiger partial charge on any atom is 0.185 e. The van der Waals surface area contributed by atoms with Crippen LogP contribution in [0.5, 0.6) is 0 Å². The molecule has 0 fully saturated rings. The Labute approximate surface area is 71.0 Å². The van der Waals surface area contributed by atoms with Crippen molar-refractivity contribution in [2.24, 2.45) is 0 Å². The van der Waals surface area contributed by atoms with E-state index in [1.807, 2.05) is 6.92 Å². The summed E-state index contributed by atoms with van der Waals surface area (Å²) in [6.07, 6.45) is 1.59. The van der Waals surface area contributed by atoms with Gasteiger partial charge in [0.25, 0.3) is 0 Å². The smallest absolute Gasteiger partial charge is 0.185 e. The van der Waals surface area contributed by atoms with Crippen molar-refractivity contribution in [1.29, 1.82) is 0 Å². The van der Waals surface area contributed by atoms with Crippen LogP contribution in [0, 0.1) is 0 Å². The lowest BCUT2D eigenvalue weighted by Gasteiger charge is -2.03. The molecule has 0 spiro atoms. The van der Waals surface area contributed by atoms with Gasteiger partial charge in [-0.25, -0.2) is 0 Å². The fourth-order valence-electron chi connectivity index (χ4n) is 1.03. The van der Waals surface area contributed by atoms with Gasteiger partial charge in [-0.1, -0.05) is 13.3 Å². The molecule has 0 aliphatic rings. The number of hydrogen-bond acceptors (Lipinski definition) is 3. The number of aliphatic hydroxyl groups excluding tert-OH is 1. The Hall–Kier alpha value is -1.09. The van der Waals surface area contributed by atoms with E-state index in [1.165, 1.54) is 0 Å². The van der Waals surface area contributed by atoms with Crippen LogP contribution in [0.15, 0.2) is 16.5 Å². The lowest BCUT2D eigenvalue weighted by molar-refractivity contribution is 0.107. The van der Waals surface area contributed by atoms with Crippen molar-refractivity contribution in [2.75, 3.05) is 0 Å². The SMILES string of the molecule is CCCC(O)c1ccc(C=O)o1. The summed E-state index contributed by atoms with van der Waals surface area (Å²) in [7, 11) is 0. The highest BCUT2D eigenvalue weighted by atomic mass is 16.4. The molecule has 1 aromatic heterocycles. The van der Waals surface area contributed by atoms with E-state index in [0.29, 0.717) is 18.5 Å². The molecule has 0 saturated carbocycles. The van der Waals surface area contributed by atoms with E-state index in [2.05, 4.69) is 0 Å². The molecule has 66 valence electrons. The van der Waals surface area contributed by atoms with Crippen LogP contribution < -0.4 is 0 Å². The lowest BCUT2D eigenvalue weighted by atomic mass is 10.2. The molecule has 3 nitrogen and oxygen atoms in total. The van der Waals surface area contributed by atoms with E-state index in [0.717, 1.165) is 6.42 Å². The van der Waals surface area contributed by atoms with Gasteiger partial charge in [-0.2, -0.15) is 0 Å². The maximum absolute atomic E-state index is 10.2. The normalized spacial score (nSPS) is 12.8. The first-order valence-corrected chi connectivity index (χ1v) is 4.01. The molecular formula is C9H12O3. The number of aldehydes is 1. The van der Waals surface area contributed by atoms with Crippen molar-refractivity contribution < 1.29 is 14.3 Å². The van der Waals surface area contributed by atoms with Crippen molar-refractivity contribution in [3.8, 4) is 0 Å². The Morgan fingerprint density at radius 1 is 1.67 bits per heavy atom. The van der Waals surface area contributed by atoms with Gasteiger partial charge < -0.3 is 9.52 Å². The summed E-state index contributed by atoms with van der Waals surface area (Å²) in [5, 5.41) is 9.42. The zero-order valence-electron chi connectivity index (χ0n) is 6.99. The highest BCUT2D eigenvalue weighted by Crippen LogP contribution is 2.19. The molecule has 0 aliphatic carbocycles. The topological polar surface area (TPSA) is 50.4 Å². The fraction of sp³-hybridized carbons (Fsp3) is 0.444. The van der Waals surface area contributed by atoms with Gasteiger partial charge in [-0.3, -0.25) is 4.79 Å². The van der Waals surface area contributed by atoms with Crippen molar-refractivity contribution in [2.45, 2.75) is 25.9 Å². The zero-order valence-corrected chi connectivity index (χ0v) is 6.99. The van der Waals surface area contributed by atoms with Crippen molar-refractivity contribution in [3.63, 3.8) is 0 Å². The van der Waals surface area contributed by atoms with E-state index in [1.54, 1.807) is 12.1 Å². The predicted octanol–water partition coefficient (Wildman–Crippen LogP) is 1.93.